The van der Waals surface area contributed by atoms with Gasteiger partial charge in [0, 0.05) is 37.0 Å². The summed E-state index contributed by atoms with van der Waals surface area (Å²) in [6.45, 7) is 1.44. The topological polar surface area (TPSA) is 80.8 Å². The van der Waals surface area contributed by atoms with Gasteiger partial charge in [0.1, 0.15) is 11.9 Å². The van der Waals surface area contributed by atoms with Gasteiger partial charge in [-0.15, -0.1) is 0 Å². The van der Waals surface area contributed by atoms with E-state index in [4.69, 9.17) is 9.47 Å². The van der Waals surface area contributed by atoms with Crippen LogP contribution in [0.15, 0.2) is 48.3 Å². The van der Waals surface area contributed by atoms with Gasteiger partial charge in [0.25, 0.3) is 0 Å². The van der Waals surface area contributed by atoms with E-state index < -0.39 is 6.09 Å². The van der Waals surface area contributed by atoms with Crippen LogP contribution in [-0.2, 0) is 4.74 Å². The molecule has 1 aromatic carbocycles. The van der Waals surface area contributed by atoms with Crippen LogP contribution in [0.25, 0.3) is 6.08 Å². The highest BCUT2D eigenvalue weighted by Gasteiger charge is 2.33. The number of anilines is 1. The molecule has 0 spiro atoms. The fraction of sp³-hybridized carbons (Fsp3) is 0.286. The minimum Gasteiger partial charge on any atom is -0.492 e. The van der Waals surface area contributed by atoms with E-state index in [1.807, 2.05) is 25.3 Å². The van der Waals surface area contributed by atoms with Crippen LogP contribution in [0.1, 0.15) is 22.3 Å². The van der Waals surface area contributed by atoms with E-state index in [0.717, 1.165) is 5.56 Å². The number of amides is 1. The van der Waals surface area contributed by atoms with Crippen molar-refractivity contribution in [3.8, 4) is 5.75 Å². The lowest BCUT2D eigenvalue weighted by molar-refractivity contribution is 0.103. The van der Waals surface area contributed by atoms with Crippen molar-refractivity contribution in [2.45, 2.75) is 12.5 Å². The minimum atomic E-state index is -0.390. The van der Waals surface area contributed by atoms with E-state index in [0.29, 0.717) is 48.7 Å². The van der Waals surface area contributed by atoms with Crippen molar-refractivity contribution in [3.05, 3.63) is 59.4 Å². The van der Waals surface area contributed by atoms with Gasteiger partial charge in [0.05, 0.1) is 24.4 Å². The van der Waals surface area contributed by atoms with Crippen LogP contribution in [-0.4, -0.2) is 49.7 Å². The Morgan fingerprint density at radius 2 is 2.07 bits per heavy atom. The highest BCUT2D eigenvalue weighted by molar-refractivity contribution is 6.13. The first kappa shape index (κ1) is 18.2. The molecule has 2 aromatic rings. The maximum Gasteiger partial charge on any atom is 0.414 e. The number of pyridine rings is 1. The number of nitrogens with zero attached hydrogens (tertiary/aromatic N) is 2. The maximum absolute atomic E-state index is 13.0. The van der Waals surface area contributed by atoms with Crippen molar-refractivity contribution >= 4 is 23.6 Å². The number of fused-ring (bicyclic) bond motifs is 1. The second-order valence-electron chi connectivity index (χ2n) is 6.73. The molecule has 1 fully saturated rings. The number of Topliss-reactive ketones (excluding diaryl/α,β-unsaturated/α-hetero) is 1. The molecule has 2 aliphatic heterocycles. The summed E-state index contributed by atoms with van der Waals surface area (Å²) in [6, 6.07) is 8.94. The SMILES string of the molecule is CNCC1CN(c2ccc3c(c2)OCC/C(=C\c2ccncc2)C3=O)C(=O)O1. The maximum atomic E-state index is 13.0. The predicted octanol–water partition coefficient (Wildman–Crippen LogP) is 2.68. The van der Waals surface area contributed by atoms with Gasteiger partial charge in [-0.25, -0.2) is 4.79 Å². The van der Waals surface area contributed by atoms with Crippen molar-refractivity contribution in [2.24, 2.45) is 0 Å². The molecular formula is C21H21N3O4. The molecule has 4 rings (SSSR count). The van der Waals surface area contributed by atoms with Gasteiger partial charge in [0.15, 0.2) is 5.78 Å². The van der Waals surface area contributed by atoms with E-state index in [-0.39, 0.29) is 11.9 Å². The summed E-state index contributed by atoms with van der Waals surface area (Å²) in [5.74, 6) is 0.429. The average Bonchev–Trinajstić information content (AvgIpc) is 3.00. The number of benzene rings is 1. The van der Waals surface area contributed by atoms with Gasteiger partial charge in [-0.05, 0) is 43.0 Å². The highest BCUT2D eigenvalue weighted by atomic mass is 16.6. The summed E-state index contributed by atoms with van der Waals surface area (Å²) in [7, 11) is 1.81. The summed E-state index contributed by atoms with van der Waals surface area (Å²) in [4.78, 5) is 30.7. The zero-order chi connectivity index (χ0) is 19.5. The van der Waals surface area contributed by atoms with E-state index >= 15 is 0 Å². The number of carbonyl (C=O) groups excluding carboxylic acids is 2. The first-order valence-electron chi connectivity index (χ1n) is 9.20. The molecule has 3 heterocycles. The lowest BCUT2D eigenvalue weighted by Gasteiger charge is -2.15. The molecule has 7 nitrogen and oxygen atoms in total. The van der Waals surface area contributed by atoms with Crippen molar-refractivity contribution < 1.29 is 19.1 Å². The van der Waals surface area contributed by atoms with E-state index in [1.165, 1.54) is 0 Å². The van der Waals surface area contributed by atoms with Crippen molar-refractivity contribution in [1.82, 2.24) is 10.3 Å². The number of nitrogens with one attached hydrogen (secondary N) is 1. The van der Waals surface area contributed by atoms with Crippen molar-refractivity contribution in [2.75, 3.05) is 31.6 Å². The second kappa shape index (κ2) is 7.82. The molecule has 7 heteroatoms. The number of cyclic esters (lactones) is 1. The van der Waals surface area contributed by atoms with Crippen LogP contribution in [0, 0.1) is 0 Å². The summed E-state index contributed by atoms with van der Waals surface area (Å²) >= 11 is 0. The predicted molar refractivity (Wildman–Crippen MR) is 105 cm³/mol. The summed E-state index contributed by atoms with van der Waals surface area (Å²) in [5, 5.41) is 3.01. The lowest BCUT2D eigenvalue weighted by atomic mass is 9.99. The molecule has 1 atom stereocenters. The minimum absolute atomic E-state index is 0.0621. The molecule has 0 saturated carbocycles. The van der Waals surface area contributed by atoms with Crippen LogP contribution in [0.5, 0.6) is 5.75 Å². The molecular weight excluding hydrogens is 358 g/mol. The molecule has 1 N–H and O–H groups in total. The van der Waals surface area contributed by atoms with Gasteiger partial charge in [0.2, 0.25) is 0 Å². The van der Waals surface area contributed by atoms with Crippen molar-refractivity contribution in [3.63, 3.8) is 0 Å². The lowest BCUT2D eigenvalue weighted by Crippen LogP contribution is -2.29. The van der Waals surface area contributed by atoms with Crippen LogP contribution in [0.3, 0.4) is 0 Å². The normalized spacial score (nSPS) is 20.5. The Bertz CT molecular complexity index is 927. The molecule has 0 aliphatic carbocycles. The number of rotatable bonds is 4. The number of hydrogen-bond acceptors (Lipinski definition) is 6. The smallest absolute Gasteiger partial charge is 0.414 e. The average molecular weight is 379 g/mol. The third kappa shape index (κ3) is 3.61. The molecule has 1 unspecified atom stereocenters. The van der Waals surface area contributed by atoms with Gasteiger partial charge in [-0.2, -0.15) is 0 Å². The van der Waals surface area contributed by atoms with Gasteiger partial charge >= 0.3 is 6.09 Å². The van der Waals surface area contributed by atoms with E-state index in [2.05, 4.69) is 10.3 Å². The van der Waals surface area contributed by atoms with Crippen LogP contribution in [0.2, 0.25) is 0 Å². The molecule has 0 bridgehead atoms. The molecule has 2 aliphatic rings. The fourth-order valence-corrected chi connectivity index (χ4v) is 3.41. The Labute approximate surface area is 163 Å². The molecule has 144 valence electrons. The first-order valence-corrected chi connectivity index (χ1v) is 9.20. The Balaban J connectivity index is 1.60. The number of ketones is 1. The Kier molecular flexibility index (Phi) is 5.08. The van der Waals surface area contributed by atoms with Crippen LogP contribution < -0.4 is 15.0 Å². The van der Waals surface area contributed by atoms with E-state index in [9.17, 15) is 9.59 Å². The van der Waals surface area contributed by atoms with Crippen LogP contribution in [0.4, 0.5) is 10.5 Å². The molecule has 1 saturated heterocycles. The largest absolute Gasteiger partial charge is 0.492 e. The highest BCUT2D eigenvalue weighted by Crippen LogP contribution is 2.33. The summed E-state index contributed by atoms with van der Waals surface area (Å²) in [5.41, 5.74) is 2.78. The Morgan fingerprint density at radius 3 is 2.86 bits per heavy atom. The molecule has 28 heavy (non-hydrogen) atoms. The zero-order valence-electron chi connectivity index (χ0n) is 15.6. The molecule has 1 amide bonds. The fourth-order valence-electron chi connectivity index (χ4n) is 3.41. The van der Waals surface area contributed by atoms with Crippen LogP contribution >= 0.6 is 0 Å². The van der Waals surface area contributed by atoms with E-state index in [1.54, 1.807) is 35.5 Å². The Morgan fingerprint density at radius 1 is 1.25 bits per heavy atom. The quantitative estimate of drug-likeness (QED) is 0.823. The zero-order valence-corrected chi connectivity index (χ0v) is 15.6. The monoisotopic (exact) mass is 379 g/mol. The summed E-state index contributed by atoms with van der Waals surface area (Å²) < 4.78 is 11.2. The van der Waals surface area contributed by atoms with Crippen molar-refractivity contribution in [1.29, 1.82) is 0 Å². The second-order valence-corrected chi connectivity index (χ2v) is 6.73. The molecule has 1 aromatic heterocycles. The number of aromatic nitrogens is 1. The number of ether oxygens (including phenoxy) is 2. The number of hydrogen-bond donors (Lipinski definition) is 1. The molecule has 0 radical (unpaired) electrons. The van der Waals surface area contributed by atoms with Gasteiger partial charge < -0.3 is 14.8 Å². The third-order valence-corrected chi connectivity index (χ3v) is 4.79. The standard InChI is InChI=1S/C21H21N3O4/c1-22-12-17-13-24(21(26)28-17)16-2-3-18-19(11-16)27-9-6-15(20(18)25)10-14-4-7-23-8-5-14/h2-5,7-8,10-11,17,22H,6,9,12-13H2,1H3/b15-10+. The third-order valence-electron chi connectivity index (χ3n) is 4.79. The van der Waals surface area contributed by atoms with Gasteiger partial charge in [-0.3, -0.25) is 14.7 Å². The Hall–Kier alpha value is -3.19. The number of carbonyl (C=O) groups is 2. The van der Waals surface area contributed by atoms with Gasteiger partial charge in [-0.1, -0.05) is 0 Å². The summed E-state index contributed by atoms with van der Waals surface area (Å²) in [6.07, 6.45) is 5.19. The number of likely N-dealkylation sites (N-methyl/N-ethyl adjacent to an activating group) is 1. The first-order chi connectivity index (χ1) is 13.7.